The van der Waals surface area contributed by atoms with E-state index in [-0.39, 0.29) is 0 Å². The summed E-state index contributed by atoms with van der Waals surface area (Å²) in [6, 6.07) is 7.39. The molecule has 2 rings (SSSR count). The Balaban J connectivity index is 2.03. The highest BCUT2D eigenvalue weighted by Gasteiger charge is 2.14. The minimum absolute atomic E-state index is 0.421. The van der Waals surface area contributed by atoms with Gasteiger partial charge >= 0.3 is 0 Å². The van der Waals surface area contributed by atoms with Gasteiger partial charge < -0.3 is 0 Å². The maximum atomic E-state index is 11.3. The SMILES string of the molecule is CS(=O)(=O)c1ccc(CC2CCCCC2)cc1. The minimum atomic E-state index is -3.05. The molecule has 0 N–H and O–H groups in total. The van der Waals surface area contributed by atoms with Gasteiger partial charge in [0.25, 0.3) is 0 Å². The second kappa shape index (κ2) is 5.21. The number of rotatable bonds is 3. The first-order valence-electron chi connectivity index (χ1n) is 6.35. The van der Waals surface area contributed by atoms with Crippen molar-refractivity contribution in [3.05, 3.63) is 29.8 Å². The molecule has 0 unspecified atom stereocenters. The highest BCUT2D eigenvalue weighted by atomic mass is 32.2. The van der Waals surface area contributed by atoms with Gasteiger partial charge in [0.2, 0.25) is 0 Å². The fourth-order valence-corrected chi connectivity index (χ4v) is 3.23. The highest BCUT2D eigenvalue weighted by Crippen LogP contribution is 2.27. The molecule has 17 heavy (non-hydrogen) atoms. The molecule has 0 spiro atoms. The van der Waals surface area contributed by atoms with Crippen molar-refractivity contribution in [1.29, 1.82) is 0 Å². The lowest BCUT2D eigenvalue weighted by Crippen LogP contribution is -2.09. The summed E-state index contributed by atoms with van der Waals surface area (Å²) in [6.07, 6.45) is 9.09. The van der Waals surface area contributed by atoms with Gasteiger partial charge in [-0.2, -0.15) is 0 Å². The predicted octanol–water partition coefficient (Wildman–Crippen LogP) is 3.21. The fourth-order valence-electron chi connectivity index (χ4n) is 2.60. The van der Waals surface area contributed by atoms with Crippen LogP contribution in [0.15, 0.2) is 29.2 Å². The quantitative estimate of drug-likeness (QED) is 0.827. The van der Waals surface area contributed by atoms with E-state index in [0.29, 0.717) is 4.90 Å². The molecular formula is C14H20O2S. The molecule has 1 saturated carbocycles. The summed E-state index contributed by atoms with van der Waals surface area (Å²) in [4.78, 5) is 0.421. The summed E-state index contributed by atoms with van der Waals surface area (Å²) in [5.41, 5.74) is 1.27. The van der Waals surface area contributed by atoms with Crippen LogP contribution in [0.2, 0.25) is 0 Å². The second-order valence-electron chi connectivity index (χ2n) is 5.12. The maximum Gasteiger partial charge on any atom is 0.175 e. The van der Waals surface area contributed by atoms with E-state index >= 15 is 0 Å². The van der Waals surface area contributed by atoms with Crippen LogP contribution in [0.25, 0.3) is 0 Å². The molecular weight excluding hydrogens is 232 g/mol. The highest BCUT2D eigenvalue weighted by molar-refractivity contribution is 7.90. The molecule has 1 aliphatic carbocycles. The second-order valence-corrected chi connectivity index (χ2v) is 7.14. The summed E-state index contributed by atoms with van der Waals surface area (Å²) in [5.74, 6) is 0.799. The first kappa shape index (κ1) is 12.6. The van der Waals surface area contributed by atoms with E-state index < -0.39 is 9.84 Å². The van der Waals surface area contributed by atoms with Crippen LogP contribution >= 0.6 is 0 Å². The van der Waals surface area contributed by atoms with Gasteiger partial charge in [0.05, 0.1) is 4.90 Å². The molecule has 1 fully saturated rings. The van der Waals surface area contributed by atoms with Gasteiger partial charge in [-0.25, -0.2) is 8.42 Å². The van der Waals surface area contributed by atoms with Crippen molar-refractivity contribution < 1.29 is 8.42 Å². The lowest BCUT2D eigenvalue weighted by atomic mass is 9.85. The zero-order valence-electron chi connectivity index (χ0n) is 10.4. The van der Waals surface area contributed by atoms with E-state index in [4.69, 9.17) is 0 Å². The summed E-state index contributed by atoms with van der Waals surface area (Å²) in [5, 5.41) is 0. The standard InChI is InChI=1S/C14H20O2S/c1-17(15,16)14-9-7-13(8-10-14)11-12-5-3-2-4-6-12/h7-10,12H,2-6,11H2,1H3. The minimum Gasteiger partial charge on any atom is -0.224 e. The van der Waals surface area contributed by atoms with Gasteiger partial charge in [-0.15, -0.1) is 0 Å². The van der Waals surface area contributed by atoms with Crippen molar-refractivity contribution in [2.45, 2.75) is 43.4 Å². The third kappa shape index (κ3) is 3.56. The predicted molar refractivity (Wildman–Crippen MR) is 69.8 cm³/mol. The van der Waals surface area contributed by atoms with E-state index in [9.17, 15) is 8.42 Å². The van der Waals surface area contributed by atoms with E-state index in [1.165, 1.54) is 43.9 Å². The molecule has 0 aliphatic heterocycles. The van der Waals surface area contributed by atoms with Crippen LogP contribution in [-0.4, -0.2) is 14.7 Å². The van der Waals surface area contributed by atoms with Crippen LogP contribution in [0.4, 0.5) is 0 Å². The summed E-state index contributed by atoms with van der Waals surface area (Å²) in [6.45, 7) is 0. The molecule has 3 heteroatoms. The van der Waals surface area contributed by atoms with Gasteiger partial charge in [-0.05, 0) is 30.0 Å². The Morgan fingerprint density at radius 1 is 1.06 bits per heavy atom. The molecule has 1 aliphatic rings. The van der Waals surface area contributed by atoms with Gasteiger partial charge in [-0.3, -0.25) is 0 Å². The number of benzene rings is 1. The van der Waals surface area contributed by atoms with E-state index in [1.807, 2.05) is 12.1 Å². The van der Waals surface area contributed by atoms with Crippen LogP contribution in [0.1, 0.15) is 37.7 Å². The molecule has 0 heterocycles. The fraction of sp³-hybridized carbons (Fsp3) is 0.571. The van der Waals surface area contributed by atoms with Gasteiger partial charge in [0.1, 0.15) is 0 Å². The Labute approximate surface area is 104 Å². The Kier molecular flexibility index (Phi) is 3.87. The van der Waals surface area contributed by atoms with E-state index in [2.05, 4.69) is 0 Å². The molecule has 1 aromatic carbocycles. The number of sulfone groups is 1. The zero-order chi connectivity index (χ0) is 12.3. The Morgan fingerprint density at radius 3 is 2.18 bits per heavy atom. The van der Waals surface area contributed by atoms with Crippen molar-refractivity contribution in [3.8, 4) is 0 Å². The third-order valence-corrected chi connectivity index (χ3v) is 4.73. The van der Waals surface area contributed by atoms with E-state index in [0.717, 1.165) is 12.3 Å². The smallest absolute Gasteiger partial charge is 0.175 e. The van der Waals surface area contributed by atoms with Crippen molar-refractivity contribution in [2.24, 2.45) is 5.92 Å². The van der Waals surface area contributed by atoms with Crippen molar-refractivity contribution in [2.75, 3.05) is 6.26 Å². The molecule has 0 atom stereocenters. The summed E-state index contributed by atoms with van der Waals surface area (Å²) >= 11 is 0. The Bertz CT molecular complexity index is 454. The Morgan fingerprint density at radius 2 is 1.65 bits per heavy atom. The monoisotopic (exact) mass is 252 g/mol. The average Bonchev–Trinajstić information content (AvgIpc) is 2.30. The lowest BCUT2D eigenvalue weighted by molar-refractivity contribution is 0.356. The summed E-state index contributed by atoms with van der Waals surface area (Å²) in [7, 11) is -3.05. The van der Waals surface area contributed by atoms with Gasteiger partial charge in [0, 0.05) is 6.26 Å². The third-order valence-electron chi connectivity index (χ3n) is 3.60. The van der Waals surface area contributed by atoms with Crippen molar-refractivity contribution in [3.63, 3.8) is 0 Å². The van der Waals surface area contributed by atoms with Crippen LogP contribution in [0.3, 0.4) is 0 Å². The Hall–Kier alpha value is -0.830. The first-order valence-corrected chi connectivity index (χ1v) is 8.24. The number of hydrogen-bond donors (Lipinski definition) is 0. The zero-order valence-corrected chi connectivity index (χ0v) is 11.2. The average molecular weight is 252 g/mol. The van der Waals surface area contributed by atoms with Crippen LogP contribution in [-0.2, 0) is 16.3 Å². The maximum absolute atomic E-state index is 11.3. The van der Waals surface area contributed by atoms with Gasteiger partial charge in [-0.1, -0.05) is 44.2 Å². The van der Waals surface area contributed by atoms with Crippen molar-refractivity contribution in [1.82, 2.24) is 0 Å². The molecule has 0 amide bonds. The number of hydrogen-bond acceptors (Lipinski definition) is 2. The van der Waals surface area contributed by atoms with Crippen molar-refractivity contribution >= 4 is 9.84 Å². The molecule has 0 saturated heterocycles. The van der Waals surface area contributed by atoms with Crippen LogP contribution in [0, 0.1) is 5.92 Å². The summed E-state index contributed by atoms with van der Waals surface area (Å²) < 4.78 is 22.7. The molecule has 94 valence electrons. The largest absolute Gasteiger partial charge is 0.224 e. The lowest BCUT2D eigenvalue weighted by Gasteiger charge is -2.21. The first-order chi connectivity index (χ1) is 8.05. The topological polar surface area (TPSA) is 34.1 Å². The molecule has 2 nitrogen and oxygen atoms in total. The molecule has 1 aromatic rings. The molecule has 0 aromatic heterocycles. The van der Waals surface area contributed by atoms with Crippen LogP contribution in [0.5, 0.6) is 0 Å². The normalized spacial score (nSPS) is 18.2. The van der Waals surface area contributed by atoms with Crippen LogP contribution < -0.4 is 0 Å². The molecule has 0 radical (unpaired) electrons. The molecule has 0 bridgehead atoms. The van der Waals surface area contributed by atoms with Gasteiger partial charge in [0.15, 0.2) is 9.84 Å². The van der Waals surface area contributed by atoms with E-state index in [1.54, 1.807) is 12.1 Å².